The zero-order chi connectivity index (χ0) is 18.4. The highest BCUT2D eigenvalue weighted by atomic mass is 16.5. The minimum atomic E-state index is -0.810. The molecule has 1 saturated carbocycles. The maximum absolute atomic E-state index is 12.8. The minimum Gasteiger partial charge on any atom is -0.492 e. The Balaban J connectivity index is 2.10. The normalized spacial score (nSPS) is 16.2. The van der Waals surface area contributed by atoms with Crippen molar-refractivity contribution in [3.05, 3.63) is 23.8 Å². The summed E-state index contributed by atoms with van der Waals surface area (Å²) in [5.41, 5.74) is 0.196. The van der Waals surface area contributed by atoms with Gasteiger partial charge in [0, 0.05) is 12.3 Å². The van der Waals surface area contributed by atoms with Gasteiger partial charge in [-0.1, -0.05) is 20.8 Å². The minimum absolute atomic E-state index is 0.150. The number of hydrogen-bond acceptors (Lipinski definition) is 4. The Hall–Kier alpha value is -2.06. The molecule has 0 aromatic heterocycles. The number of benzene rings is 1. The Morgan fingerprint density at radius 1 is 1.44 bits per heavy atom. The maximum Gasteiger partial charge on any atom is 0.256 e. The largest absolute Gasteiger partial charge is 0.492 e. The standard InChI is InChI=1S/C20H28N2O3/c1-5-10-25-20(4,16-6-7-16)19(23)22-17-8-9-18(15(11-17)12-21)24-13-14(2)3/h8-9,11,14,16H,5-7,10,13H2,1-4H3,(H,22,23)/t20-/m1/s1. The van der Waals surface area contributed by atoms with Crippen LogP contribution in [0.2, 0.25) is 0 Å². The summed E-state index contributed by atoms with van der Waals surface area (Å²) < 4.78 is 11.5. The molecule has 1 aromatic carbocycles. The fraction of sp³-hybridized carbons (Fsp3) is 0.600. The van der Waals surface area contributed by atoms with Gasteiger partial charge in [-0.2, -0.15) is 5.26 Å². The van der Waals surface area contributed by atoms with Gasteiger partial charge in [-0.25, -0.2) is 0 Å². The fourth-order valence-electron chi connectivity index (χ4n) is 2.65. The number of carbonyl (C=O) groups is 1. The van der Waals surface area contributed by atoms with Crippen molar-refractivity contribution < 1.29 is 14.3 Å². The van der Waals surface area contributed by atoms with E-state index in [1.54, 1.807) is 18.2 Å². The third-order valence-corrected chi connectivity index (χ3v) is 4.34. The van der Waals surface area contributed by atoms with Gasteiger partial charge in [-0.3, -0.25) is 4.79 Å². The molecular formula is C20H28N2O3. The number of nitrogens with one attached hydrogen (secondary N) is 1. The zero-order valence-electron chi connectivity index (χ0n) is 15.6. The van der Waals surface area contributed by atoms with Gasteiger partial charge >= 0.3 is 0 Å². The molecule has 1 atom stereocenters. The summed E-state index contributed by atoms with van der Waals surface area (Å²) in [5.74, 6) is 1.04. The predicted molar refractivity (Wildman–Crippen MR) is 97.5 cm³/mol. The summed E-state index contributed by atoms with van der Waals surface area (Å²) in [7, 11) is 0. The molecule has 1 amide bonds. The van der Waals surface area contributed by atoms with Crippen LogP contribution in [0.25, 0.3) is 0 Å². The van der Waals surface area contributed by atoms with Crippen LogP contribution in [0, 0.1) is 23.2 Å². The molecule has 0 heterocycles. The number of carbonyl (C=O) groups excluding carboxylic acids is 1. The number of ether oxygens (including phenoxy) is 2. The SMILES string of the molecule is CCCO[C@@](C)(C(=O)Nc1ccc(OCC(C)C)c(C#N)c1)C1CC1. The quantitative estimate of drug-likeness (QED) is 0.731. The number of anilines is 1. The predicted octanol–water partition coefficient (Wildman–Crippen LogP) is 4.13. The number of hydrogen-bond donors (Lipinski definition) is 1. The first-order valence-electron chi connectivity index (χ1n) is 9.03. The van der Waals surface area contributed by atoms with Gasteiger partial charge in [0.25, 0.3) is 5.91 Å². The first-order valence-corrected chi connectivity index (χ1v) is 9.03. The van der Waals surface area contributed by atoms with E-state index in [-0.39, 0.29) is 11.8 Å². The Kier molecular flexibility index (Phi) is 6.44. The zero-order valence-corrected chi connectivity index (χ0v) is 15.6. The van der Waals surface area contributed by atoms with E-state index >= 15 is 0 Å². The summed E-state index contributed by atoms with van der Waals surface area (Å²) in [6.45, 7) is 9.10. The second-order valence-corrected chi connectivity index (χ2v) is 7.21. The molecule has 1 aromatic rings. The molecule has 1 aliphatic rings. The van der Waals surface area contributed by atoms with Crippen molar-refractivity contribution in [2.24, 2.45) is 11.8 Å². The van der Waals surface area contributed by atoms with E-state index in [9.17, 15) is 10.1 Å². The second-order valence-electron chi connectivity index (χ2n) is 7.21. The lowest BCUT2D eigenvalue weighted by atomic mass is 9.98. The van der Waals surface area contributed by atoms with Gasteiger partial charge in [0.2, 0.25) is 0 Å². The van der Waals surface area contributed by atoms with E-state index in [0.29, 0.717) is 36.1 Å². The van der Waals surface area contributed by atoms with Crippen molar-refractivity contribution in [3.63, 3.8) is 0 Å². The lowest BCUT2D eigenvalue weighted by Gasteiger charge is -2.28. The monoisotopic (exact) mass is 344 g/mol. The number of amides is 1. The van der Waals surface area contributed by atoms with E-state index < -0.39 is 5.60 Å². The van der Waals surface area contributed by atoms with E-state index in [1.165, 1.54) is 0 Å². The summed E-state index contributed by atoms with van der Waals surface area (Å²) in [4.78, 5) is 12.8. The van der Waals surface area contributed by atoms with E-state index in [1.807, 2.05) is 13.8 Å². The molecule has 1 aliphatic carbocycles. The number of rotatable bonds is 9. The number of nitriles is 1. The van der Waals surface area contributed by atoms with Crippen LogP contribution < -0.4 is 10.1 Å². The highest BCUT2D eigenvalue weighted by molar-refractivity contribution is 5.97. The Bertz CT molecular complexity index is 647. The third kappa shape index (κ3) is 4.96. The molecule has 5 nitrogen and oxygen atoms in total. The highest BCUT2D eigenvalue weighted by Gasteiger charge is 2.48. The van der Waals surface area contributed by atoms with Crippen molar-refractivity contribution in [3.8, 4) is 11.8 Å². The van der Waals surface area contributed by atoms with E-state index in [4.69, 9.17) is 9.47 Å². The van der Waals surface area contributed by atoms with Crippen LogP contribution in [0.5, 0.6) is 5.75 Å². The molecule has 136 valence electrons. The smallest absolute Gasteiger partial charge is 0.256 e. The van der Waals surface area contributed by atoms with Crippen molar-refractivity contribution in [2.45, 2.75) is 52.6 Å². The molecule has 0 bridgehead atoms. The van der Waals surface area contributed by atoms with Crippen molar-refractivity contribution >= 4 is 11.6 Å². The second kappa shape index (κ2) is 8.35. The lowest BCUT2D eigenvalue weighted by molar-refractivity contribution is -0.142. The van der Waals surface area contributed by atoms with Crippen LogP contribution in [-0.4, -0.2) is 24.7 Å². The van der Waals surface area contributed by atoms with Crippen molar-refractivity contribution in [2.75, 3.05) is 18.5 Å². The molecule has 5 heteroatoms. The number of nitrogens with zero attached hydrogens (tertiary/aromatic N) is 1. The average molecular weight is 344 g/mol. The first kappa shape index (κ1) is 19.3. The molecule has 1 N–H and O–H groups in total. The van der Waals surface area contributed by atoms with Crippen molar-refractivity contribution in [1.82, 2.24) is 0 Å². The van der Waals surface area contributed by atoms with Gasteiger partial charge in [0.05, 0.1) is 12.2 Å². The summed E-state index contributed by atoms with van der Waals surface area (Å²) >= 11 is 0. The Morgan fingerprint density at radius 2 is 2.16 bits per heavy atom. The van der Waals surface area contributed by atoms with Gasteiger partial charge in [-0.15, -0.1) is 0 Å². The lowest BCUT2D eigenvalue weighted by Crippen LogP contribution is -2.45. The highest BCUT2D eigenvalue weighted by Crippen LogP contribution is 2.42. The van der Waals surface area contributed by atoms with Gasteiger partial charge in [0.1, 0.15) is 17.4 Å². The Labute approximate surface area is 150 Å². The van der Waals surface area contributed by atoms with Gasteiger partial charge in [0.15, 0.2) is 0 Å². The average Bonchev–Trinajstić information content (AvgIpc) is 3.43. The van der Waals surface area contributed by atoms with Crippen LogP contribution in [-0.2, 0) is 9.53 Å². The van der Waals surface area contributed by atoms with E-state index in [0.717, 1.165) is 19.3 Å². The molecule has 2 rings (SSSR count). The fourth-order valence-corrected chi connectivity index (χ4v) is 2.65. The van der Waals surface area contributed by atoms with Crippen LogP contribution in [0.15, 0.2) is 18.2 Å². The van der Waals surface area contributed by atoms with Gasteiger partial charge < -0.3 is 14.8 Å². The van der Waals surface area contributed by atoms with Crippen LogP contribution in [0.4, 0.5) is 5.69 Å². The topological polar surface area (TPSA) is 71.3 Å². The van der Waals surface area contributed by atoms with Crippen molar-refractivity contribution in [1.29, 1.82) is 5.26 Å². The molecule has 0 unspecified atom stereocenters. The maximum atomic E-state index is 12.8. The molecule has 25 heavy (non-hydrogen) atoms. The Morgan fingerprint density at radius 3 is 2.72 bits per heavy atom. The summed E-state index contributed by atoms with van der Waals surface area (Å²) in [6, 6.07) is 7.29. The van der Waals surface area contributed by atoms with Crippen LogP contribution >= 0.6 is 0 Å². The molecule has 1 fully saturated rings. The molecule has 0 spiro atoms. The first-order chi connectivity index (χ1) is 11.9. The van der Waals surface area contributed by atoms with Crippen LogP contribution in [0.3, 0.4) is 0 Å². The van der Waals surface area contributed by atoms with Gasteiger partial charge in [-0.05, 0) is 56.2 Å². The summed E-state index contributed by atoms with van der Waals surface area (Å²) in [6.07, 6.45) is 2.90. The summed E-state index contributed by atoms with van der Waals surface area (Å²) in [5, 5.41) is 12.3. The molecule has 0 saturated heterocycles. The van der Waals surface area contributed by atoms with Crippen LogP contribution in [0.1, 0.15) is 52.5 Å². The third-order valence-electron chi connectivity index (χ3n) is 4.34. The van der Waals surface area contributed by atoms with E-state index in [2.05, 4.69) is 25.2 Å². The molecule has 0 aliphatic heterocycles. The molecule has 0 radical (unpaired) electrons. The molecular weight excluding hydrogens is 316 g/mol.